The Labute approximate surface area is 182 Å². The van der Waals surface area contributed by atoms with Crippen molar-refractivity contribution in [3.8, 4) is 0 Å². The molecule has 7 rings (SSSR count). The van der Waals surface area contributed by atoms with E-state index in [4.69, 9.17) is 0 Å². The van der Waals surface area contributed by atoms with Crippen LogP contribution in [0.4, 0.5) is 0 Å². The van der Waals surface area contributed by atoms with Crippen molar-refractivity contribution in [3.05, 3.63) is 0 Å². The van der Waals surface area contributed by atoms with Crippen LogP contribution >= 0.6 is 0 Å². The largest absolute Gasteiger partial charge is 0.299 e. The van der Waals surface area contributed by atoms with Crippen LogP contribution in [0.25, 0.3) is 0 Å². The van der Waals surface area contributed by atoms with Crippen LogP contribution in [-0.4, -0.2) is 11.6 Å². The van der Waals surface area contributed by atoms with Gasteiger partial charge in [0.1, 0.15) is 11.6 Å². The molecular weight excluding hydrogens is 368 g/mol. The molecule has 7 aliphatic carbocycles. The lowest BCUT2D eigenvalue weighted by atomic mass is 9.49. The summed E-state index contributed by atoms with van der Waals surface area (Å²) in [5.41, 5.74) is 0. The van der Waals surface area contributed by atoms with E-state index in [1.54, 1.807) is 0 Å². The average molecular weight is 409 g/mol. The van der Waals surface area contributed by atoms with Crippen LogP contribution in [0.1, 0.15) is 89.9 Å². The summed E-state index contributed by atoms with van der Waals surface area (Å²) in [5, 5.41) is 0. The topological polar surface area (TPSA) is 34.1 Å². The maximum atomic E-state index is 13.8. The van der Waals surface area contributed by atoms with Gasteiger partial charge in [-0.05, 0) is 112 Å². The Kier molecular flexibility index (Phi) is 4.35. The lowest BCUT2D eigenvalue weighted by molar-refractivity contribution is -0.136. The van der Waals surface area contributed by atoms with E-state index in [0.717, 1.165) is 35.4 Å². The zero-order valence-electron chi connectivity index (χ0n) is 18.6. The highest BCUT2D eigenvalue weighted by Gasteiger charge is 2.63. The number of ketones is 2. The fraction of sp³-hybridized carbons (Fsp3) is 0.929. The van der Waals surface area contributed by atoms with E-state index in [2.05, 4.69) is 0 Å². The summed E-state index contributed by atoms with van der Waals surface area (Å²) < 4.78 is 0. The third kappa shape index (κ3) is 2.43. The summed E-state index contributed by atoms with van der Waals surface area (Å²) in [5.74, 6) is 9.01. The molecule has 0 N–H and O–H groups in total. The molecule has 164 valence electrons. The van der Waals surface area contributed by atoms with Crippen molar-refractivity contribution in [3.63, 3.8) is 0 Å². The van der Waals surface area contributed by atoms with Crippen molar-refractivity contribution in [2.75, 3.05) is 0 Å². The number of Topliss-reactive ketones (excluding diaryl/α,β-unsaturated/α-hetero) is 2. The SMILES string of the molecule is O=C1C2CCCCC2C2C1CCC1C2CCC2CCC3C4CCCCC4C(=O)C3C21. The zero-order valence-corrected chi connectivity index (χ0v) is 18.6. The van der Waals surface area contributed by atoms with Gasteiger partial charge in [0.2, 0.25) is 0 Å². The molecule has 12 atom stereocenters. The molecule has 0 saturated heterocycles. The second-order valence-electron chi connectivity index (χ2n) is 12.7. The summed E-state index contributed by atoms with van der Waals surface area (Å²) >= 11 is 0. The van der Waals surface area contributed by atoms with Crippen molar-refractivity contribution in [2.45, 2.75) is 89.9 Å². The molecule has 7 aliphatic rings. The second kappa shape index (κ2) is 6.92. The molecule has 7 saturated carbocycles. The molecule has 7 fully saturated rings. The Balaban J connectivity index is 1.22. The number of rotatable bonds is 0. The maximum Gasteiger partial charge on any atom is 0.139 e. The average Bonchev–Trinajstić information content (AvgIpc) is 3.26. The predicted molar refractivity (Wildman–Crippen MR) is 117 cm³/mol. The van der Waals surface area contributed by atoms with Crippen molar-refractivity contribution in [1.29, 1.82) is 0 Å². The van der Waals surface area contributed by atoms with Crippen molar-refractivity contribution >= 4 is 11.6 Å². The normalized spacial score (nSPS) is 56.9. The minimum atomic E-state index is 0.400. The van der Waals surface area contributed by atoms with Crippen molar-refractivity contribution < 1.29 is 9.59 Å². The first-order chi connectivity index (χ1) is 14.7. The van der Waals surface area contributed by atoms with Crippen LogP contribution in [0.15, 0.2) is 0 Å². The highest BCUT2D eigenvalue weighted by atomic mass is 16.1. The third-order valence-corrected chi connectivity index (χ3v) is 12.1. The number of carbonyl (C=O) groups excluding carboxylic acids is 2. The van der Waals surface area contributed by atoms with Gasteiger partial charge in [0.25, 0.3) is 0 Å². The lowest BCUT2D eigenvalue weighted by Gasteiger charge is -2.55. The van der Waals surface area contributed by atoms with Crippen LogP contribution < -0.4 is 0 Å². The van der Waals surface area contributed by atoms with Gasteiger partial charge >= 0.3 is 0 Å². The Morgan fingerprint density at radius 1 is 0.433 bits per heavy atom. The molecule has 0 heterocycles. The molecule has 30 heavy (non-hydrogen) atoms. The fourth-order valence-corrected chi connectivity index (χ4v) is 11.3. The van der Waals surface area contributed by atoms with Crippen LogP contribution in [0, 0.1) is 71.0 Å². The Morgan fingerprint density at radius 2 is 1.03 bits per heavy atom. The minimum absolute atomic E-state index is 0.400. The van der Waals surface area contributed by atoms with Gasteiger partial charge < -0.3 is 0 Å². The molecule has 12 unspecified atom stereocenters. The van der Waals surface area contributed by atoms with Gasteiger partial charge in [-0.25, -0.2) is 0 Å². The molecule has 0 amide bonds. The molecule has 0 aromatic heterocycles. The smallest absolute Gasteiger partial charge is 0.139 e. The number of fused-ring (bicyclic) bond motifs is 11. The summed E-state index contributed by atoms with van der Waals surface area (Å²) in [6.45, 7) is 0. The Hall–Kier alpha value is -0.660. The monoisotopic (exact) mass is 408 g/mol. The summed E-state index contributed by atoms with van der Waals surface area (Å²) in [7, 11) is 0. The van der Waals surface area contributed by atoms with Crippen LogP contribution in [0.5, 0.6) is 0 Å². The first-order valence-electron chi connectivity index (χ1n) is 13.8. The van der Waals surface area contributed by atoms with Crippen LogP contribution in [0.3, 0.4) is 0 Å². The summed E-state index contributed by atoms with van der Waals surface area (Å²) in [4.78, 5) is 27.0. The van der Waals surface area contributed by atoms with E-state index in [0.29, 0.717) is 47.2 Å². The molecule has 2 heteroatoms. The maximum absolute atomic E-state index is 13.8. The zero-order chi connectivity index (χ0) is 20.0. The van der Waals surface area contributed by atoms with Gasteiger partial charge in [-0.15, -0.1) is 0 Å². The van der Waals surface area contributed by atoms with E-state index in [1.807, 2.05) is 0 Å². The van der Waals surface area contributed by atoms with Crippen LogP contribution in [-0.2, 0) is 9.59 Å². The summed E-state index contributed by atoms with van der Waals surface area (Å²) in [6.07, 6.45) is 18.3. The highest BCUT2D eigenvalue weighted by molar-refractivity contribution is 5.88. The standard InChI is InChI=1S/C28H40O2/c29-27-22-8-4-2-6-17(22)25-20-12-10-15-9-11-18-16-5-1-3-7-21(16)28(30)26(18)24(15)19(20)13-14-23(25)27/h15-26H,1-14H2. The molecule has 2 nitrogen and oxygen atoms in total. The van der Waals surface area contributed by atoms with Crippen molar-refractivity contribution in [1.82, 2.24) is 0 Å². The first kappa shape index (κ1) is 18.9. The van der Waals surface area contributed by atoms with Crippen LogP contribution in [0.2, 0.25) is 0 Å². The summed E-state index contributed by atoms with van der Waals surface area (Å²) in [6, 6.07) is 0. The molecular formula is C28H40O2. The lowest BCUT2D eigenvalue weighted by Crippen LogP contribution is -2.50. The van der Waals surface area contributed by atoms with E-state index < -0.39 is 0 Å². The van der Waals surface area contributed by atoms with E-state index in [9.17, 15) is 9.59 Å². The van der Waals surface area contributed by atoms with Gasteiger partial charge in [0.05, 0.1) is 0 Å². The number of carbonyl (C=O) groups is 2. The minimum Gasteiger partial charge on any atom is -0.299 e. The van der Waals surface area contributed by atoms with Gasteiger partial charge in [-0.3, -0.25) is 9.59 Å². The van der Waals surface area contributed by atoms with Gasteiger partial charge in [0, 0.05) is 23.7 Å². The van der Waals surface area contributed by atoms with E-state index >= 15 is 0 Å². The van der Waals surface area contributed by atoms with Gasteiger partial charge in [-0.1, -0.05) is 25.7 Å². The molecule has 0 aromatic carbocycles. The second-order valence-corrected chi connectivity index (χ2v) is 12.7. The molecule has 0 aliphatic heterocycles. The van der Waals surface area contributed by atoms with E-state index in [1.165, 1.54) is 89.9 Å². The van der Waals surface area contributed by atoms with E-state index in [-0.39, 0.29) is 0 Å². The fourth-order valence-electron chi connectivity index (χ4n) is 11.3. The predicted octanol–water partition coefficient (Wildman–Crippen LogP) is 6.08. The molecule has 0 aromatic rings. The molecule has 0 spiro atoms. The van der Waals surface area contributed by atoms with Gasteiger partial charge in [0.15, 0.2) is 0 Å². The first-order valence-corrected chi connectivity index (χ1v) is 13.8. The molecule has 0 bridgehead atoms. The Bertz CT molecular complexity index is 741. The number of hydrogen-bond acceptors (Lipinski definition) is 2. The van der Waals surface area contributed by atoms with Gasteiger partial charge in [-0.2, -0.15) is 0 Å². The quantitative estimate of drug-likeness (QED) is 0.487. The molecule has 0 radical (unpaired) electrons. The third-order valence-electron chi connectivity index (χ3n) is 12.1. The van der Waals surface area contributed by atoms with Crippen molar-refractivity contribution in [2.24, 2.45) is 71.0 Å². The highest BCUT2D eigenvalue weighted by Crippen LogP contribution is 2.65. The Morgan fingerprint density at radius 3 is 1.83 bits per heavy atom. The number of hydrogen-bond donors (Lipinski definition) is 0.